The lowest BCUT2D eigenvalue weighted by molar-refractivity contribution is -0.123. The third-order valence-corrected chi connectivity index (χ3v) is 2.70. The second kappa shape index (κ2) is 2.64. The minimum atomic E-state index is -0.250. The van der Waals surface area contributed by atoms with E-state index >= 15 is 0 Å². The van der Waals surface area contributed by atoms with Crippen molar-refractivity contribution in [3.05, 3.63) is 0 Å². The smallest absolute Gasteiger partial charge is 0.165 e. The number of carbonyl (C=O) groups excluding carboxylic acids is 2. The molecule has 4 nitrogen and oxygen atoms in total. The normalized spacial score (nSPS) is 36.1. The Morgan fingerprint density at radius 1 is 1.42 bits per heavy atom. The molecule has 2 saturated heterocycles. The number of rotatable bonds is 1. The summed E-state index contributed by atoms with van der Waals surface area (Å²) in [5.41, 5.74) is 0. The summed E-state index contributed by atoms with van der Waals surface area (Å²) in [6, 6.07) is -0.414. The van der Waals surface area contributed by atoms with Crippen molar-refractivity contribution in [2.75, 3.05) is 20.1 Å². The molecule has 2 fully saturated rings. The summed E-state index contributed by atoms with van der Waals surface area (Å²) >= 11 is 0. The predicted molar refractivity (Wildman–Crippen MR) is 42.8 cm³/mol. The first-order valence-electron chi connectivity index (χ1n) is 4.21. The second-order valence-electron chi connectivity index (χ2n) is 3.36. The Hall–Kier alpha value is -0.740. The zero-order chi connectivity index (χ0) is 8.72. The van der Waals surface area contributed by atoms with E-state index in [0.717, 1.165) is 6.54 Å². The molecule has 0 bridgehead atoms. The topological polar surface area (TPSA) is 49.4 Å². The number of ketones is 2. The van der Waals surface area contributed by atoms with Crippen molar-refractivity contribution in [3.63, 3.8) is 0 Å². The largest absolute Gasteiger partial charge is 0.309 e. The van der Waals surface area contributed by atoms with Crippen molar-refractivity contribution >= 4 is 11.6 Å². The van der Waals surface area contributed by atoms with Crippen molar-refractivity contribution in [1.82, 2.24) is 10.2 Å². The third-order valence-electron chi connectivity index (χ3n) is 2.70. The molecule has 0 amide bonds. The molecule has 1 N–H and O–H groups in total. The van der Waals surface area contributed by atoms with Crippen LogP contribution < -0.4 is 5.32 Å². The molecule has 0 aliphatic carbocycles. The lowest BCUT2D eigenvalue weighted by Gasteiger charge is -2.15. The highest BCUT2D eigenvalue weighted by atomic mass is 16.1. The van der Waals surface area contributed by atoms with Gasteiger partial charge in [0.05, 0.1) is 18.6 Å². The summed E-state index contributed by atoms with van der Waals surface area (Å²) < 4.78 is 0. The molecule has 2 atom stereocenters. The van der Waals surface area contributed by atoms with E-state index in [9.17, 15) is 9.59 Å². The highest BCUT2D eigenvalue weighted by Gasteiger charge is 2.47. The molecule has 12 heavy (non-hydrogen) atoms. The third kappa shape index (κ3) is 0.916. The van der Waals surface area contributed by atoms with Crippen LogP contribution in [0.1, 0.15) is 6.42 Å². The molecular formula is C8H12N2O2. The fourth-order valence-electron chi connectivity index (χ4n) is 2.11. The quantitative estimate of drug-likeness (QED) is 0.534. The molecule has 0 aromatic rings. The molecule has 2 heterocycles. The van der Waals surface area contributed by atoms with Crippen molar-refractivity contribution in [2.45, 2.75) is 18.5 Å². The van der Waals surface area contributed by atoms with Crippen molar-refractivity contribution in [2.24, 2.45) is 0 Å². The molecule has 0 saturated carbocycles. The van der Waals surface area contributed by atoms with Gasteiger partial charge >= 0.3 is 0 Å². The van der Waals surface area contributed by atoms with Gasteiger partial charge in [0.1, 0.15) is 0 Å². The fraction of sp³-hybridized carbons (Fsp3) is 0.750. The second-order valence-corrected chi connectivity index (χ2v) is 3.36. The zero-order valence-corrected chi connectivity index (χ0v) is 7.04. The number of hydrogen-bond acceptors (Lipinski definition) is 4. The first kappa shape index (κ1) is 7.89. The van der Waals surface area contributed by atoms with Gasteiger partial charge in [0.25, 0.3) is 0 Å². The van der Waals surface area contributed by atoms with Gasteiger partial charge in [0, 0.05) is 13.0 Å². The Morgan fingerprint density at radius 2 is 2.17 bits per heavy atom. The summed E-state index contributed by atoms with van der Waals surface area (Å²) in [7, 11) is 1.73. The molecule has 1 unspecified atom stereocenters. The molecule has 4 heteroatoms. The fourth-order valence-corrected chi connectivity index (χ4v) is 2.11. The molecule has 2 aliphatic heterocycles. The molecular weight excluding hydrogens is 156 g/mol. The highest BCUT2D eigenvalue weighted by molar-refractivity contribution is 6.00. The van der Waals surface area contributed by atoms with Crippen LogP contribution in [-0.4, -0.2) is 48.7 Å². The van der Waals surface area contributed by atoms with Gasteiger partial charge in [-0.1, -0.05) is 0 Å². The number of Topliss-reactive ketones (excluding diaryl/α,β-unsaturated/α-hetero) is 2. The first-order valence-corrected chi connectivity index (χ1v) is 4.21. The number of nitrogens with zero attached hydrogens (tertiary/aromatic N) is 1. The predicted octanol–water partition coefficient (Wildman–Crippen LogP) is -1.20. The maximum Gasteiger partial charge on any atom is 0.165 e. The lowest BCUT2D eigenvalue weighted by Crippen LogP contribution is -2.43. The number of carbonyl (C=O) groups is 2. The number of fused-ring (bicyclic) bond motifs is 1. The first-order chi connectivity index (χ1) is 5.74. The van der Waals surface area contributed by atoms with Crippen molar-refractivity contribution < 1.29 is 9.59 Å². The minimum Gasteiger partial charge on any atom is -0.309 e. The summed E-state index contributed by atoms with van der Waals surface area (Å²) in [4.78, 5) is 24.6. The summed E-state index contributed by atoms with van der Waals surface area (Å²) in [6.45, 7) is 1.20. The van der Waals surface area contributed by atoms with Gasteiger partial charge < -0.3 is 5.32 Å². The summed E-state index contributed by atoms with van der Waals surface area (Å²) in [6.07, 6.45) is 0.607. The highest BCUT2D eigenvalue weighted by Crippen LogP contribution is 2.22. The molecule has 2 aliphatic rings. The van der Waals surface area contributed by atoms with Gasteiger partial charge in [-0.15, -0.1) is 0 Å². The lowest BCUT2D eigenvalue weighted by atomic mass is 10.1. The van der Waals surface area contributed by atoms with Crippen molar-refractivity contribution in [1.29, 1.82) is 0 Å². The SMILES string of the molecule is CN[C@H]1C(=O)CN2CCC(=O)C12. The Balaban J connectivity index is 2.23. The van der Waals surface area contributed by atoms with E-state index in [4.69, 9.17) is 0 Å². The van der Waals surface area contributed by atoms with Crippen LogP contribution in [0.5, 0.6) is 0 Å². The van der Waals surface area contributed by atoms with Crippen LogP contribution >= 0.6 is 0 Å². The van der Waals surface area contributed by atoms with Gasteiger partial charge in [-0.05, 0) is 7.05 Å². The summed E-state index contributed by atoms with van der Waals surface area (Å²) in [5, 5.41) is 2.90. The van der Waals surface area contributed by atoms with E-state index in [2.05, 4.69) is 5.32 Å². The minimum absolute atomic E-state index is 0.149. The Bertz CT molecular complexity index is 237. The van der Waals surface area contributed by atoms with Crippen molar-refractivity contribution in [3.8, 4) is 0 Å². The molecule has 0 aromatic carbocycles. The van der Waals surface area contributed by atoms with Crippen LogP contribution in [0.3, 0.4) is 0 Å². The Labute approximate surface area is 70.9 Å². The van der Waals surface area contributed by atoms with E-state index in [0.29, 0.717) is 13.0 Å². The van der Waals surface area contributed by atoms with E-state index in [-0.39, 0.29) is 23.7 Å². The average Bonchev–Trinajstić information content (AvgIpc) is 2.52. The maximum atomic E-state index is 11.3. The van der Waals surface area contributed by atoms with Gasteiger partial charge in [-0.25, -0.2) is 0 Å². The van der Waals surface area contributed by atoms with Crippen LogP contribution in [0.4, 0.5) is 0 Å². The molecule has 66 valence electrons. The van der Waals surface area contributed by atoms with Crippen LogP contribution in [0.2, 0.25) is 0 Å². The standard InChI is InChI=1S/C8H12N2O2/c1-9-7-6(12)4-10-3-2-5(11)8(7)10/h7-9H,2-4H2,1H3/t7-,8?/m0/s1. The van der Waals surface area contributed by atoms with Crippen LogP contribution in [0, 0.1) is 0 Å². The number of likely N-dealkylation sites (N-methyl/N-ethyl adjacent to an activating group) is 1. The van der Waals surface area contributed by atoms with Gasteiger partial charge in [0.2, 0.25) is 0 Å². The zero-order valence-electron chi connectivity index (χ0n) is 7.04. The van der Waals surface area contributed by atoms with E-state index in [1.54, 1.807) is 7.05 Å². The van der Waals surface area contributed by atoms with E-state index < -0.39 is 0 Å². The van der Waals surface area contributed by atoms with Crippen LogP contribution in [0.25, 0.3) is 0 Å². The Morgan fingerprint density at radius 3 is 2.83 bits per heavy atom. The number of hydrogen-bond donors (Lipinski definition) is 1. The maximum absolute atomic E-state index is 11.3. The van der Waals surface area contributed by atoms with Gasteiger partial charge in [-0.2, -0.15) is 0 Å². The Kier molecular flexibility index (Phi) is 1.73. The van der Waals surface area contributed by atoms with Gasteiger partial charge in [-0.3, -0.25) is 14.5 Å². The summed E-state index contributed by atoms with van der Waals surface area (Å²) in [5.74, 6) is 0.357. The van der Waals surface area contributed by atoms with Crippen LogP contribution in [-0.2, 0) is 9.59 Å². The van der Waals surface area contributed by atoms with Crippen LogP contribution in [0.15, 0.2) is 0 Å². The molecule has 0 aromatic heterocycles. The van der Waals surface area contributed by atoms with E-state index in [1.807, 2.05) is 4.90 Å². The van der Waals surface area contributed by atoms with E-state index in [1.165, 1.54) is 0 Å². The molecule has 0 radical (unpaired) electrons. The van der Waals surface area contributed by atoms with Gasteiger partial charge in [0.15, 0.2) is 11.6 Å². The monoisotopic (exact) mass is 168 g/mol. The molecule has 2 rings (SSSR count). The average molecular weight is 168 g/mol. The molecule has 0 spiro atoms. The number of nitrogens with one attached hydrogen (secondary N) is 1.